The van der Waals surface area contributed by atoms with E-state index in [0.29, 0.717) is 12.6 Å². The third-order valence-electron chi connectivity index (χ3n) is 3.46. The number of hydrogen-bond donors (Lipinski definition) is 0. The fourth-order valence-corrected chi connectivity index (χ4v) is 2.31. The van der Waals surface area contributed by atoms with E-state index in [-0.39, 0.29) is 6.10 Å². The highest BCUT2D eigenvalue weighted by atomic mass is 16.6. The van der Waals surface area contributed by atoms with E-state index in [1.165, 1.54) is 0 Å². The first-order valence-electron chi connectivity index (χ1n) is 6.38. The SMILES string of the molecule is CCN(CC)C(C)C1COc2ccccc2O1. The Kier molecular flexibility index (Phi) is 3.89. The fourth-order valence-electron chi connectivity index (χ4n) is 2.31. The van der Waals surface area contributed by atoms with Crippen LogP contribution in [-0.4, -0.2) is 36.7 Å². The number of para-hydroxylation sites is 2. The average Bonchev–Trinajstić information content (AvgIpc) is 2.39. The summed E-state index contributed by atoms with van der Waals surface area (Å²) in [6.45, 7) is 9.28. The van der Waals surface area contributed by atoms with Gasteiger partial charge in [-0.1, -0.05) is 26.0 Å². The lowest BCUT2D eigenvalue weighted by Crippen LogP contribution is -2.48. The molecule has 0 aliphatic carbocycles. The van der Waals surface area contributed by atoms with Crippen LogP contribution in [0.15, 0.2) is 24.3 Å². The van der Waals surface area contributed by atoms with Crippen LogP contribution < -0.4 is 9.47 Å². The van der Waals surface area contributed by atoms with Crippen LogP contribution in [0.1, 0.15) is 20.8 Å². The van der Waals surface area contributed by atoms with Crippen LogP contribution >= 0.6 is 0 Å². The first kappa shape index (κ1) is 12.2. The zero-order valence-electron chi connectivity index (χ0n) is 10.8. The lowest BCUT2D eigenvalue weighted by atomic mass is 10.1. The van der Waals surface area contributed by atoms with E-state index in [1.54, 1.807) is 0 Å². The van der Waals surface area contributed by atoms with Crippen molar-refractivity contribution in [1.29, 1.82) is 0 Å². The molecule has 94 valence electrons. The predicted octanol–water partition coefficient (Wildman–Crippen LogP) is 2.56. The average molecular weight is 235 g/mol. The molecule has 0 saturated heterocycles. The van der Waals surface area contributed by atoms with E-state index in [0.717, 1.165) is 24.6 Å². The molecule has 0 aromatic heterocycles. The summed E-state index contributed by atoms with van der Waals surface area (Å²) in [5.74, 6) is 1.72. The molecule has 2 unspecified atom stereocenters. The quantitative estimate of drug-likeness (QED) is 0.800. The lowest BCUT2D eigenvalue weighted by molar-refractivity contribution is 0.0241. The summed E-state index contributed by atoms with van der Waals surface area (Å²) in [4.78, 5) is 2.39. The van der Waals surface area contributed by atoms with Gasteiger partial charge < -0.3 is 9.47 Å². The summed E-state index contributed by atoms with van der Waals surface area (Å²) < 4.78 is 11.8. The lowest BCUT2D eigenvalue weighted by Gasteiger charge is -2.36. The van der Waals surface area contributed by atoms with Gasteiger partial charge in [-0.15, -0.1) is 0 Å². The maximum absolute atomic E-state index is 6.01. The minimum Gasteiger partial charge on any atom is -0.486 e. The van der Waals surface area contributed by atoms with Gasteiger partial charge in [0.05, 0.1) is 0 Å². The van der Waals surface area contributed by atoms with Crippen LogP contribution in [0, 0.1) is 0 Å². The Morgan fingerprint density at radius 3 is 2.53 bits per heavy atom. The van der Waals surface area contributed by atoms with Crippen LogP contribution in [0.4, 0.5) is 0 Å². The summed E-state index contributed by atoms with van der Waals surface area (Å²) >= 11 is 0. The monoisotopic (exact) mass is 235 g/mol. The second-order valence-electron chi connectivity index (χ2n) is 4.38. The molecule has 3 nitrogen and oxygen atoms in total. The van der Waals surface area contributed by atoms with Gasteiger partial charge >= 0.3 is 0 Å². The molecule has 0 radical (unpaired) electrons. The van der Waals surface area contributed by atoms with Gasteiger partial charge in [-0.2, -0.15) is 0 Å². The Bertz CT molecular complexity index is 363. The number of nitrogens with zero attached hydrogens (tertiary/aromatic N) is 1. The van der Waals surface area contributed by atoms with Crippen LogP contribution in [0.25, 0.3) is 0 Å². The minimum absolute atomic E-state index is 0.116. The molecule has 1 aromatic rings. The summed E-state index contributed by atoms with van der Waals surface area (Å²) in [6.07, 6.45) is 0.116. The fraction of sp³-hybridized carbons (Fsp3) is 0.571. The molecule has 0 spiro atoms. The molecule has 0 fully saturated rings. The minimum atomic E-state index is 0.116. The molecular formula is C14H21NO2. The molecule has 0 bridgehead atoms. The van der Waals surface area contributed by atoms with E-state index in [1.807, 2.05) is 24.3 Å². The van der Waals surface area contributed by atoms with Gasteiger partial charge in [0.15, 0.2) is 11.5 Å². The summed E-state index contributed by atoms with van der Waals surface area (Å²) in [6, 6.07) is 8.24. The van der Waals surface area contributed by atoms with Gasteiger partial charge in [0.25, 0.3) is 0 Å². The number of rotatable bonds is 4. The van der Waals surface area contributed by atoms with Crippen LogP contribution in [0.3, 0.4) is 0 Å². The Hall–Kier alpha value is -1.22. The number of fused-ring (bicyclic) bond motifs is 1. The van der Waals surface area contributed by atoms with E-state index >= 15 is 0 Å². The molecule has 2 atom stereocenters. The van der Waals surface area contributed by atoms with Crippen molar-refractivity contribution < 1.29 is 9.47 Å². The highest BCUT2D eigenvalue weighted by molar-refractivity contribution is 5.40. The Balaban J connectivity index is 2.07. The maximum Gasteiger partial charge on any atom is 0.161 e. The van der Waals surface area contributed by atoms with Crippen molar-refractivity contribution in [1.82, 2.24) is 4.90 Å². The van der Waals surface area contributed by atoms with Gasteiger partial charge in [-0.25, -0.2) is 0 Å². The molecule has 17 heavy (non-hydrogen) atoms. The topological polar surface area (TPSA) is 21.7 Å². The number of hydrogen-bond acceptors (Lipinski definition) is 3. The standard InChI is InChI=1S/C14H21NO2/c1-4-15(5-2)11(3)14-10-16-12-8-6-7-9-13(12)17-14/h6-9,11,14H,4-5,10H2,1-3H3. The molecule has 2 rings (SSSR count). The third-order valence-corrected chi connectivity index (χ3v) is 3.46. The van der Waals surface area contributed by atoms with Gasteiger partial charge in [-0.05, 0) is 32.1 Å². The third kappa shape index (κ3) is 2.55. The highest BCUT2D eigenvalue weighted by Crippen LogP contribution is 2.32. The maximum atomic E-state index is 6.01. The molecule has 3 heteroatoms. The summed E-state index contributed by atoms with van der Waals surface area (Å²) in [7, 11) is 0. The van der Waals surface area contributed by atoms with Gasteiger partial charge in [0, 0.05) is 6.04 Å². The van der Waals surface area contributed by atoms with Crippen LogP contribution in [0.5, 0.6) is 11.5 Å². The summed E-state index contributed by atoms with van der Waals surface area (Å²) in [5, 5.41) is 0. The molecule has 1 aliphatic rings. The Labute approximate surface area is 103 Å². The smallest absolute Gasteiger partial charge is 0.161 e. The largest absolute Gasteiger partial charge is 0.486 e. The van der Waals surface area contributed by atoms with Crippen molar-refractivity contribution in [3.05, 3.63) is 24.3 Å². The molecule has 0 amide bonds. The molecule has 1 aromatic carbocycles. The van der Waals surface area contributed by atoms with Crippen molar-refractivity contribution in [2.24, 2.45) is 0 Å². The Morgan fingerprint density at radius 1 is 1.24 bits per heavy atom. The molecule has 0 N–H and O–H groups in total. The van der Waals surface area contributed by atoms with Crippen LogP contribution in [-0.2, 0) is 0 Å². The molecule has 1 heterocycles. The molecular weight excluding hydrogens is 214 g/mol. The zero-order chi connectivity index (χ0) is 12.3. The molecule has 0 saturated carbocycles. The van der Waals surface area contributed by atoms with E-state index in [4.69, 9.17) is 9.47 Å². The van der Waals surface area contributed by atoms with Crippen molar-refractivity contribution >= 4 is 0 Å². The predicted molar refractivity (Wildman–Crippen MR) is 68.7 cm³/mol. The number of likely N-dealkylation sites (N-methyl/N-ethyl adjacent to an activating group) is 1. The number of ether oxygens (including phenoxy) is 2. The normalized spacial score (nSPS) is 20.4. The second kappa shape index (κ2) is 5.41. The van der Waals surface area contributed by atoms with Crippen molar-refractivity contribution in [3.63, 3.8) is 0 Å². The first-order valence-corrected chi connectivity index (χ1v) is 6.38. The highest BCUT2D eigenvalue weighted by Gasteiger charge is 2.28. The Morgan fingerprint density at radius 2 is 1.88 bits per heavy atom. The van der Waals surface area contributed by atoms with Gasteiger partial charge in [-0.3, -0.25) is 4.90 Å². The van der Waals surface area contributed by atoms with Crippen molar-refractivity contribution in [2.75, 3.05) is 19.7 Å². The van der Waals surface area contributed by atoms with E-state index in [2.05, 4.69) is 25.7 Å². The van der Waals surface area contributed by atoms with Gasteiger partial charge in [0.1, 0.15) is 12.7 Å². The summed E-state index contributed by atoms with van der Waals surface area (Å²) in [5.41, 5.74) is 0. The first-order chi connectivity index (χ1) is 8.26. The van der Waals surface area contributed by atoms with Gasteiger partial charge in [0.2, 0.25) is 0 Å². The van der Waals surface area contributed by atoms with E-state index in [9.17, 15) is 0 Å². The molecule has 1 aliphatic heterocycles. The second-order valence-corrected chi connectivity index (χ2v) is 4.38. The van der Waals surface area contributed by atoms with Crippen LogP contribution in [0.2, 0.25) is 0 Å². The van der Waals surface area contributed by atoms with Crippen molar-refractivity contribution in [2.45, 2.75) is 32.9 Å². The number of benzene rings is 1. The zero-order valence-corrected chi connectivity index (χ0v) is 10.8. The van der Waals surface area contributed by atoms with E-state index < -0.39 is 0 Å². The van der Waals surface area contributed by atoms with Crippen molar-refractivity contribution in [3.8, 4) is 11.5 Å².